The molecule has 17 unspecified atom stereocenters. The van der Waals surface area contributed by atoms with Gasteiger partial charge in [-0.05, 0) is 116 Å². The Morgan fingerprint density at radius 2 is 0.631 bits per heavy atom. The minimum atomic E-state index is -1.99. The molecule has 0 aromatic heterocycles. The number of carbonyl (C=O) groups is 1. The van der Waals surface area contributed by atoms with Crippen LogP contribution in [0.15, 0.2) is 158 Å². The van der Waals surface area contributed by atoms with E-state index < -0.39 is 131 Å². The molecule has 0 saturated carbocycles. The van der Waals surface area contributed by atoms with Crippen LogP contribution in [0.2, 0.25) is 0 Å². The summed E-state index contributed by atoms with van der Waals surface area (Å²) in [7, 11) is 0. The van der Waals surface area contributed by atoms with E-state index in [0.717, 1.165) is 109 Å². The standard InChI is InChI=1S/C92H153NO18/c1-3-5-7-9-11-13-15-17-19-21-23-25-27-29-31-33-34-35-36-37-38-39-40-42-44-46-48-50-52-54-56-58-60-62-64-66-68-70-80(98)93-75(76(97)69-67-65-63-61-59-57-55-53-51-49-47-45-43-41-32-30-28-26-24-22-20-18-16-14-12-10-8-6-4-2)74-106-90-86(104)83(101)88(78(72-95)108-90)111-92-87(105)84(102)89(79(73-96)109-92)110-91-85(103)82(100)81(99)77(71-94)107-91/h5,7,11,13,17,19,23,25,29,31,34-35,37-38,40,42,46,48,52,54,58-61,67,69,75-79,81-92,94-97,99-105H,3-4,6,8-10,12,14-16,18,20-22,24,26-28,30,32-33,36,39,41,43-45,47,49-51,53,55-57,62-66,68,70-74H2,1-2H3,(H,93,98)/b7-5-,13-11-,19-17-,25-23-,31-29-,35-34-,38-37-,42-40-,48-46-,54-52-,60-58-,61-59+,69-67+. The van der Waals surface area contributed by atoms with Crippen molar-refractivity contribution in [2.45, 2.75) is 388 Å². The summed E-state index contributed by atoms with van der Waals surface area (Å²) < 4.78 is 34.4. The molecule has 0 spiro atoms. The third kappa shape index (κ3) is 48.5. The first-order valence-corrected chi connectivity index (χ1v) is 43.2. The summed E-state index contributed by atoms with van der Waals surface area (Å²) in [5.41, 5.74) is 0. The molecule has 0 bridgehead atoms. The number of aliphatic hydroxyl groups excluding tert-OH is 11. The lowest BCUT2D eigenvalue weighted by molar-refractivity contribution is -0.379. The average Bonchev–Trinajstić information content (AvgIpc) is 0.779. The molecule has 0 aliphatic carbocycles. The van der Waals surface area contributed by atoms with Gasteiger partial charge in [-0.3, -0.25) is 4.79 Å². The fourth-order valence-electron chi connectivity index (χ4n) is 13.4. The van der Waals surface area contributed by atoms with Gasteiger partial charge in [0.05, 0.1) is 38.6 Å². The minimum Gasteiger partial charge on any atom is -0.394 e. The van der Waals surface area contributed by atoms with E-state index in [1.165, 1.54) is 141 Å². The summed E-state index contributed by atoms with van der Waals surface area (Å²) in [6, 6.07) is -1.02. The summed E-state index contributed by atoms with van der Waals surface area (Å²) >= 11 is 0. The van der Waals surface area contributed by atoms with Crippen LogP contribution >= 0.6 is 0 Å². The van der Waals surface area contributed by atoms with Gasteiger partial charge in [-0.15, -0.1) is 0 Å². The van der Waals surface area contributed by atoms with Crippen LogP contribution in [0.4, 0.5) is 0 Å². The molecular formula is C92H153NO18. The highest BCUT2D eigenvalue weighted by molar-refractivity contribution is 5.76. The number of amides is 1. The van der Waals surface area contributed by atoms with E-state index in [9.17, 15) is 61.0 Å². The van der Waals surface area contributed by atoms with Crippen molar-refractivity contribution in [1.29, 1.82) is 0 Å². The largest absolute Gasteiger partial charge is 0.394 e. The number of carbonyl (C=O) groups excluding carboxylic acids is 1. The normalized spacial score (nSPS) is 25.9. The molecule has 3 aliphatic rings. The van der Waals surface area contributed by atoms with E-state index in [1.807, 2.05) is 6.08 Å². The Morgan fingerprint density at radius 3 is 1.01 bits per heavy atom. The first-order chi connectivity index (χ1) is 54.3. The van der Waals surface area contributed by atoms with Gasteiger partial charge in [0.25, 0.3) is 0 Å². The molecule has 3 rings (SSSR count). The van der Waals surface area contributed by atoms with Crippen molar-refractivity contribution in [1.82, 2.24) is 5.32 Å². The number of aliphatic hydroxyl groups is 11. The molecule has 3 heterocycles. The van der Waals surface area contributed by atoms with Gasteiger partial charge in [0, 0.05) is 6.42 Å². The van der Waals surface area contributed by atoms with Crippen LogP contribution in [-0.2, 0) is 33.2 Å². The summed E-state index contributed by atoms with van der Waals surface area (Å²) in [5.74, 6) is -0.321. The molecule has 111 heavy (non-hydrogen) atoms. The Labute approximate surface area is 669 Å². The van der Waals surface area contributed by atoms with E-state index in [4.69, 9.17) is 28.4 Å². The fourth-order valence-corrected chi connectivity index (χ4v) is 13.4. The van der Waals surface area contributed by atoms with E-state index >= 15 is 0 Å². The third-order valence-corrected chi connectivity index (χ3v) is 20.3. The lowest BCUT2D eigenvalue weighted by Crippen LogP contribution is -2.66. The molecule has 0 aromatic carbocycles. The summed E-state index contributed by atoms with van der Waals surface area (Å²) in [5, 5.41) is 121. The summed E-state index contributed by atoms with van der Waals surface area (Å²) in [4.78, 5) is 13.5. The van der Waals surface area contributed by atoms with Gasteiger partial charge >= 0.3 is 0 Å². The number of hydrogen-bond donors (Lipinski definition) is 12. The smallest absolute Gasteiger partial charge is 0.220 e. The molecule has 1 amide bonds. The third-order valence-electron chi connectivity index (χ3n) is 20.3. The van der Waals surface area contributed by atoms with Gasteiger partial charge in [-0.25, -0.2) is 0 Å². The van der Waals surface area contributed by atoms with Crippen molar-refractivity contribution in [2.24, 2.45) is 0 Å². The van der Waals surface area contributed by atoms with Crippen LogP contribution in [0.3, 0.4) is 0 Å². The van der Waals surface area contributed by atoms with Gasteiger partial charge in [0.1, 0.15) is 73.2 Å². The molecule has 3 saturated heterocycles. The van der Waals surface area contributed by atoms with E-state index in [0.29, 0.717) is 12.8 Å². The number of hydrogen-bond acceptors (Lipinski definition) is 18. The average molecular weight is 1560 g/mol. The van der Waals surface area contributed by atoms with Crippen LogP contribution in [0.5, 0.6) is 0 Å². The highest BCUT2D eigenvalue weighted by Gasteiger charge is 2.54. The topological polar surface area (TPSA) is 307 Å². The quantitative estimate of drug-likeness (QED) is 0.0199. The van der Waals surface area contributed by atoms with Crippen molar-refractivity contribution >= 4 is 5.91 Å². The molecule has 19 nitrogen and oxygen atoms in total. The lowest BCUT2D eigenvalue weighted by atomic mass is 9.96. The molecule has 634 valence electrons. The fraction of sp³-hybridized carbons (Fsp3) is 0.707. The minimum absolute atomic E-state index is 0.185. The summed E-state index contributed by atoms with van der Waals surface area (Å²) in [6.45, 7) is 1.59. The second kappa shape index (κ2) is 69.7. The van der Waals surface area contributed by atoms with Crippen LogP contribution < -0.4 is 5.32 Å². The molecule has 0 aromatic rings. The highest BCUT2D eigenvalue weighted by Crippen LogP contribution is 2.33. The molecule has 17 atom stereocenters. The number of nitrogens with one attached hydrogen (secondary N) is 1. The van der Waals surface area contributed by atoms with E-state index in [-0.39, 0.29) is 12.3 Å². The molecule has 19 heteroatoms. The monoisotopic (exact) mass is 1560 g/mol. The summed E-state index contributed by atoms with van der Waals surface area (Å²) in [6.07, 6.45) is 76.6. The zero-order chi connectivity index (χ0) is 80.3. The Hall–Kier alpha value is -4.59. The number of unbranched alkanes of at least 4 members (excludes halogenated alkanes) is 27. The van der Waals surface area contributed by atoms with Crippen molar-refractivity contribution < 1.29 is 89.4 Å². The van der Waals surface area contributed by atoms with Crippen molar-refractivity contribution in [3.8, 4) is 0 Å². The first-order valence-electron chi connectivity index (χ1n) is 43.2. The SMILES string of the molecule is CC/C=C\C/C=C\C/C=C\C/C=C\C/C=C\C/C=C\C/C=C\C/C=C\C/C=C\C/C=C\C/C=C\CCCCCC(=O)NC(COC1OC(CO)C(OC2OC(CO)C(OC3OC(CO)C(O)C(O)C3O)C(O)C2O)C(O)C1O)C(O)/C=C/CC/C=C/CCCCCCCCCCCCCCCCCCCCCCCCC. The molecule has 3 aliphatic heterocycles. The first kappa shape index (κ1) is 101. The van der Waals surface area contributed by atoms with Gasteiger partial charge < -0.3 is 89.9 Å². The van der Waals surface area contributed by atoms with Gasteiger partial charge in [0.2, 0.25) is 5.91 Å². The zero-order valence-corrected chi connectivity index (χ0v) is 68.1. The predicted molar refractivity (Wildman–Crippen MR) is 447 cm³/mol. The van der Waals surface area contributed by atoms with Crippen molar-refractivity contribution in [3.63, 3.8) is 0 Å². The van der Waals surface area contributed by atoms with Crippen LogP contribution in [0, 0.1) is 0 Å². The molecule has 3 fully saturated rings. The number of allylic oxidation sites excluding steroid dienone is 25. The Balaban J connectivity index is 1.39. The second-order valence-corrected chi connectivity index (χ2v) is 29.9. The maximum atomic E-state index is 13.5. The van der Waals surface area contributed by atoms with Crippen LogP contribution in [-0.4, -0.2) is 193 Å². The van der Waals surface area contributed by atoms with Gasteiger partial charge in [-0.2, -0.15) is 0 Å². The second-order valence-electron chi connectivity index (χ2n) is 29.9. The van der Waals surface area contributed by atoms with E-state index in [1.54, 1.807) is 6.08 Å². The van der Waals surface area contributed by atoms with Crippen molar-refractivity contribution in [3.05, 3.63) is 158 Å². The zero-order valence-electron chi connectivity index (χ0n) is 68.1. The predicted octanol–water partition coefficient (Wildman–Crippen LogP) is 16.0. The Bertz CT molecular complexity index is 2620. The molecule has 0 radical (unpaired) electrons. The maximum Gasteiger partial charge on any atom is 0.220 e. The molecule has 12 N–H and O–H groups in total. The highest BCUT2D eigenvalue weighted by atomic mass is 16.8. The van der Waals surface area contributed by atoms with Crippen LogP contribution in [0.1, 0.15) is 284 Å². The Morgan fingerprint density at radius 1 is 0.333 bits per heavy atom. The Kier molecular flexibility index (Phi) is 63.2. The molecular weight excluding hydrogens is 1410 g/mol. The number of rotatable bonds is 67. The van der Waals surface area contributed by atoms with Gasteiger partial charge in [-0.1, -0.05) is 320 Å². The number of ether oxygens (including phenoxy) is 6. The van der Waals surface area contributed by atoms with Gasteiger partial charge in [0.15, 0.2) is 18.9 Å². The van der Waals surface area contributed by atoms with Crippen molar-refractivity contribution in [2.75, 3.05) is 26.4 Å². The lowest BCUT2D eigenvalue weighted by Gasteiger charge is -2.48. The van der Waals surface area contributed by atoms with E-state index in [2.05, 4.69) is 165 Å². The van der Waals surface area contributed by atoms with Crippen LogP contribution in [0.25, 0.3) is 0 Å². The maximum absolute atomic E-state index is 13.5.